The Labute approximate surface area is 224 Å². The molecule has 208 valence electrons. The molecule has 0 aliphatic carbocycles. The van der Waals surface area contributed by atoms with Crippen LogP contribution >= 0.6 is 0 Å². The van der Waals surface area contributed by atoms with Gasteiger partial charge in [-0.05, 0) is 49.1 Å². The van der Waals surface area contributed by atoms with Crippen LogP contribution in [0.1, 0.15) is 30.4 Å². The molecule has 0 saturated carbocycles. The number of sulfonamides is 1. The number of nitrogens with zero attached hydrogens (tertiary/aromatic N) is 3. The molecule has 0 atom stereocenters. The first-order valence-electron chi connectivity index (χ1n) is 12.4. The Morgan fingerprint density at radius 3 is 2.59 bits per heavy atom. The van der Waals surface area contributed by atoms with Crippen molar-refractivity contribution >= 4 is 27.6 Å². The number of nitrogens with one attached hydrogen (secondary N) is 2. The van der Waals surface area contributed by atoms with Gasteiger partial charge in [0, 0.05) is 25.2 Å². The van der Waals surface area contributed by atoms with Crippen molar-refractivity contribution in [1.82, 2.24) is 15.3 Å². The molecule has 0 fully saturated rings. The normalized spacial score (nSPS) is 15.7. The lowest BCUT2D eigenvalue weighted by Crippen LogP contribution is -2.35. The van der Waals surface area contributed by atoms with Crippen molar-refractivity contribution in [3.05, 3.63) is 65.7 Å². The molecule has 13 heteroatoms. The van der Waals surface area contributed by atoms with Crippen LogP contribution in [0.25, 0.3) is 11.3 Å². The second-order valence-corrected chi connectivity index (χ2v) is 10.7. The van der Waals surface area contributed by atoms with Gasteiger partial charge < -0.3 is 15.3 Å². The molecule has 0 radical (unpaired) electrons. The summed E-state index contributed by atoms with van der Waals surface area (Å²) in [7, 11) is -4.29. The molecule has 1 aliphatic rings. The summed E-state index contributed by atoms with van der Waals surface area (Å²) in [5.41, 5.74) is -0.313. The number of aryl methyl sites for hydroxylation is 1. The fourth-order valence-corrected chi connectivity index (χ4v) is 5.35. The van der Waals surface area contributed by atoms with E-state index in [-0.39, 0.29) is 23.1 Å². The van der Waals surface area contributed by atoms with E-state index in [2.05, 4.69) is 20.0 Å². The molecule has 0 amide bonds. The van der Waals surface area contributed by atoms with Crippen LogP contribution in [0.15, 0.2) is 59.6 Å². The second kappa shape index (κ2) is 12.0. The van der Waals surface area contributed by atoms with E-state index in [1.807, 2.05) is 4.90 Å². The van der Waals surface area contributed by atoms with Crippen LogP contribution in [0, 0.1) is 0 Å². The van der Waals surface area contributed by atoms with Crippen LogP contribution in [0.5, 0.6) is 0 Å². The Hall–Kier alpha value is -3.71. The molecule has 3 N–H and O–H groups in total. The minimum Gasteiger partial charge on any atom is -0.480 e. The van der Waals surface area contributed by atoms with Gasteiger partial charge in [-0.3, -0.25) is 9.52 Å². The number of rotatable bonds is 5. The van der Waals surface area contributed by atoms with Crippen molar-refractivity contribution in [2.24, 2.45) is 0 Å². The number of fused-ring (bicyclic) bond motifs is 6. The molecule has 0 spiro atoms. The molecule has 0 unspecified atom stereocenters. The molecule has 39 heavy (non-hydrogen) atoms. The number of aromatic nitrogens is 2. The van der Waals surface area contributed by atoms with Gasteiger partial charge >= 0.3 is 12.1 Å². The number of halogens is 3. The average molecular weight is 564 g/mol. The Kier molecular flexibility index (Phi) is 8.70. The van der Waals surface area contributed by atoms with Crippen molar-refractivity contribution in [3.63, 3.8) is 0 Å². The van der Waals surface area contributed by atoms with Crippen molar-refractivity contribution in [2.75, 3.05) is 35.8 Å². The number of hydrogen-bond acceptors (Lipinski definition) is 7. The Bertz CT molecular complexity index is 1430. The number of hydrogen-bond donors (Lipinski definition) is 3. The van der Waals surface area contributed by atoms with Gasteiger partial charge in [0.1, 0.15) is 11.6 Å². The summed E-state index contributed by atoms with van der Waals surface area (Å²) < 4.78 is 70.4. The van der Waals surface area contributed by atoms with Gasteiger partial charge in [0.25, 0.3) is 10.0 Å². The van der Waals surface area contributed by atoms with E-state index >= 15 is 0 Å². The summed E-state index contributed by atoms with van der Waals surface area (Å²) in [6, 6.07) is 13.0. The van der Waals surface area contributed by atoms with E-state index in [1.54, 1.807) is 30.3 Å². The zero-order valence-corrected chi connectivity index (χ0v) is 21.7. The molecule has 4 rings (SSSR count). The summed E-state index contributed by atoms with van der Waals surface area (Å²) in [5, 5.41) is 11.4. The smallest absolute Gasteiger partial charge is 0.418 e. The molecule has 3 aromatic rings. The number of carboxylic acids is 1. The first-order chi connectivity index (χ1) is 18.5. The van der Waals surface area contributed by atoms with Crippen LogP contribution in [-0.4, -0.2) is 55.6 Å². The molecule has 0 saturated heterocycles. The second-order valence-electron chi connectivity index (χ2n) is 9.06. The molecule has 2 aromatic heterocycles. The number of aliphatic carboxylic acids is 1. The van der Waals surface area contributed by atoms with E-state index in [0.29, 0.717) is 55.8 Å². The van der Waals surface area contributed by atoms with Gasteiger partial charge in [-0.15, -0.1) is 0 Å². The zero-order valence-electron chi connectivity index (χ0n) is 20.9. The number of carboxylic acid groups (broad SMARTS) is 1. The minimum atomic E-state index is -4.69. The highest BCUT2D eigenvalue weighted by molar-refractivity contribution is 7.92. The maximum atomic E-state index is 13.9. The quantitative estimate of drug-likeness (QED) is 0.395. The topological polar surface area (TPSA) is 125 Å². The summed E-state index contributed by atoms with van der Waals surface area (Å²) in [6.07, 6.45) is -2.00. The fourth-order valence-electron chi connectivity index (χ4n) is 4.38. The van der Waals surface area contributed by atoms with E-state index in [0.717, 1.165) is 18.6 Å². The van der Waals surface area contributed by atoms with Gasteiger partial charge in [-0.2, -0.15) is 21.6 Å². The monoisotopic (exact) mass is 563 g/mol. The molecular weight excluding hydrogens is 535 g/mol. The van der Waals surface area contributed by atoms with Gasteiger partial charge in [0.15, 0.2) is 5.03 Å². The highest BCUT2D eigenvalue weighted by Gasteiger charge is 2.35. The van der Waals surface area contributed by atoms with Crippen LogP contribution in [-0.2, 0) is 27.4 Å². The summed E-state index contributed by atoms with van der Waals surface area (Å²) in [4.78, 5) is 21.1. The predicted octanol–water partition coefficient (Wildman–Crippen LogP) is 4.17. The first-order valence-corrected chi connectivity index (χ1v) is 13.9. The van der Waals surface area contributed by atoms with Crippen LogP contribution < -0.4 is 14.9 Å². The Morgan fingerprint density at radius 1 is 1.03 bits per heavy atom. The molecule has 9 nitrogen and oxygen atoms in total. The molecule has 1 aliphatic heterocycles. The van der Waals surface area contributed by atoms with Crippen molar-refractivity contribution in [1.29, 1.82) is 0 Å². The SMILES string of the molecule is O=C(O)CNCCN1CCCCCc2ccccc2-c2nc(ccc2C(F)(F)F)NS(=O)(=O)c2cccc1n2. The largest absolute Gasteiger partial charge is 0.480 e. The third-order valence-electron chi connectivity index (χ3n) is 6.23. The fraction of sp³-hybridized carbons (Fsp3) is 0.346. The number of benzene rings is 1. The van der Waals surface area contributed by atoms with Crippen molar-refractivity contribution in [3.8, 4) is 11.3 Å². The number of carbonyl (C=O) groups is 1. The van der Waals surface area contributed by atoms with Crippen LogP contribution in [0.3, 0.4) is 0 Å². The summed E-state index contributed by atoms with van der Waals surface area (Å²) >= 11 is 0. The lowest BCUT2D eigenvalue weighted by molar-refractivity contribution is -0.137. The van der Waals surface area contributed by atoms with E-state index in [9.17, 15) is 26.4 Å². The minimum absolute atomic E-state index is 0.207. The Balaban J connectivity index is 1.74. The molecule has 4 bridgehead atoms. The summed E-state index contributed by atoms with van der Waals surface area (Å²) in [5.74, 6) is -0.865. The zero-order chi connectivity index (χ0) is 28.0. The van der Waals surface area contributed by atoms with Crippen molar-refractivity contribution in [2.45, 2.75) is 36.9 Å². The third-order valence-corrected chi connectivity index (χ3v) is 7.48. The van der Waals surface area contributed by atoms with Gasteiger partial charge in [-0.25, -0.2) is 9.97 Å². The van der Waals surface area contributed by atoms with E-state index in [4.69, 9.17) is 5.11 Å². The predicted molar refractivity (Wildman–Crippen MR) is 140 cm³/mol. The standard InChI is InChI=1S/C26H28F3N5O4S/c27-26(28,29)20-12-13-21-31-25(20)19-9-4-3-8-18(19)7-2-1-5-15-34(16-14-30-17-24(35)36)22-10-6-11-23(32-22)39(37,38)33-21/h3-4,6,8-13,30H,1-2,5,7,14-17H2,(H,31,33)(H,35,36). The van der Waals surface area contributed by atoms with Crippen LogP contribution in [0.4, 0.5) is 24.8 Å². The van der Waals surface area contributed by atoms with Gasteiger partial charge in [0.2, 0.25) is 0 Å². The first kappa shape index (κ1) is 28.3. The molecule has 3 heterocycles. The molecular formula is C26H28F3N5O4S. The lowest BCUT2D eigenvalue weighted by atomic mass is 9.96. The highest BCUT2D eigenvalue weighted by atomic mass is 32.2. The van der Waals surface area contributed by atoms with Gasteiger partial charge in [0.05, 0.1) is 17.8 Å². The Morgan fingerprint density at radius 2 is 1.82 bits per heavy atom. The van der Waals surface area contributed by atoms with E-state index < -0.39 is 27.7 Å². The maximum Gasteiger partial charge on any atom is 0.418 e. The lowest BCUT2D eigenvalue weighted by Gasteiger charge is -2.24. The maximum absolute atomic E-state index is 13.9. The number of alkyl halides is 3. The van der Waals surface area contributed by atoms with E-state index in [1.165, 1.54) is 12.1 Å². The molecule has 1 aromatic carbocycles. The third kappa shape index (κ3) is 7.24. The summed E-state index contributed by atoms with van der Waals surface area (Å²) in [6.45, 7) is 1.05. The highest BCUT2D eigenvalue weighted by Crippen LogP contribution is 2.38. The number of pyridine rings is 2. The average Bonchev–Trinajstić information content (AvgIpc) is 2.88. The van der Waals surface area contributed by atoms with Crippen molar-refractivity contribution < 1.29 is 31.5 Å². The number of anilines is 2. The van der Waals surface area contributed by atoms with Crippen LogP contribution in [0.2, 0.25) is 0 Å². The van der Waals surface area contributed by atoms with Gasteiger partial charge in [-0.1, -0.05) is 36.8 Å².